The van der Waals surface area contributed by atoms with Crippen LogP contribution in [0.15, 0.2) is 4.99 Å². The third-order valence-electron chi connectivity index (χ3n) is 4.04. The molecule has 0 aliphatic heterocycles. The number of halogens is 1. The molecule has 0 aliphatic rings. The molecule has 0 aromatic heterocycles. The first-order valence-corrected chi connectivity index (χ1v) is 9.92. The van der Waals surface area contributed by atoms with Crippen LogP contribution in [0.1, 0.15) is 59.8 Å². The molecule has 8 heteroatoms. The molecule has 0 fully saturated rings. The van der Waals surface area contributed by atoms with Crippen molar-refractivity contribution >= 4 is 41.8 Å². The molecule has 0 aliphatic carbocycles. The minimum atomic E-state index is -0.112. The molecule has 0 heterocycles. The van der Waals surface area contributed by atoms with Crippen LogP contribution in [-0.2, 0) is 14.3 Å². The predicted molar refractivity (Wildman–Crippen MR) is 122 cm³/mol. The number of likely N-dealkylation sites (N-methyl/N-ethyl adjacent to an activating group) is 2. The van der Waals surface area contributed by atoms with E-state index >= 15 is 0 Å². The van der Waals surface area contributed by atoms with E-state index in [4.69, 9.17) is 4.74 Å². The minimum Gasteiger partial charge on any atom is -0.466 e. The number of hydrogen-bond donors (Lipinski definition) is 1. The van der Waals surface area contributed by atoms with E-state index in [2.05, 4.69) is 10.3 Å². The van der Waals surface area contributed by atoms with Crippen LogP contribution in [0.25, 0.3) is 0 Å². The Morgan fingerprint density at radius 1 is 1.00 bits per heavy atom. The molecule has 0 unspecified atom stereocenters. The van der Waals surface area contributed by atoms with E-state index in [1.54, 1.807) is 0 Å². The number of hydrogen-bond acceptors (Lipinski definition) is 4. The summed E-state index contributed by atoms with van der Waals surface area (Å²) >= 11 is 0. The minimum absolute atomic E-state index is 0. The first-order valence-electron chi connectivity index (χ1n) is 9.92. The third-order valence-corrected chi connectivity index (χ3v) is 4.04. The van der Waals surface area contributed by atoms with Crippen molar-refractivity contribution in [3.63, 3.8) is 0 Å². The summed E-state index contributed by atoms with van der Waals surface area (Å²) < 4.78 is 4.91. The molecule has 0 atom stereocenters. The Kier molecular flexibility index (Phi) is 19.1. The van der Waals surface area contributed by atoms with E-state index in [0.29, 0.717) is 26.1 Å². The maximum Gasteiger partial charge on any atom is 0.305 e. The predicted octanol–water partition coefficient (Wildman–Crippen LogP) is 2.88. The second-order valence-corrected chi connectivity index (χ2v) is 6.13. The summed E-state index contributed by atoms with van der Waals surface area (Å²) in [5.74, 6) is 0.765. The number of carbonyl (C=O) groups is 2. The lowest BCUT2D eigenvalue weighted by Crippen LogP contribution is -2.45. The van der Waals surface area contributed by atoms with E-state index in [9.17, 15) is 9.59 Å². The highest BCUT2D eigenvalue weighted by Crippen LogP contribution is 2.04. The molecule has 0 spiro atoms. The SMILES string of the molecule is CCNC(=NCCCCCCC(=O)OCC)N(C)CC(=O)N(CC)CC.I. The number of ether oxygens (including phenoxy) is 1. The average molecular weight is 498 g/mol. The number of aliphatic imine (C=N–C) groups is 1. The molecule has 1 amide bonds. The van der Waals surface area contributed by atoms with Gasteiger partial charge in [-0.25, -0.2) is 0 Å². The fraction of sp³-hybridized carbons (Fsp3) is 0.842. The van der Waals surface area contributed by atoms with E-state index in [1.807, 2.05) is 44.5 Å². The Labute approximate surface area is 182 Å². The van der Waals surface area contributed by atoms with Crippen molar-refractivity contribution in [3.8, 4) is 0 Å². The molecule has 0 radical (unpaired) electrons. The fourth-order valence-electron chi connectivity index (χ4n) is 2.58. The highest BCUT2D eigenvalue weighted by molar-refractivity contribution is 14.0. The van der Waals surface area contributed by atoms with Gasteiger partial charge in [-0.3, -0.25) is 14.6 Å². The highest BCUT2D eigenvalue weighted by atomic mass is 127. The average Bonchev–Trinajstić information content (AvgIpc) is 2.61. The van der Waals surface area contributed by atoms with Crippen molar-refractivity contribution in [2.45, 2.75) is 59.8 Å². The molecule has 0 rings (SSSR count). The maximum absolute atomic E-state index is 12.2. The molecule has 1 N–H and O–H groups in total. The van der Waals surface area contributed by atoms with Gasteiger partial charge in [0.2, 0.25) is 5.91 Å². The fourth-order valence-corrected chi connectivity index (χ4v) is 2.58. The smallest absolute Gasteiger partial charge is 0.305 e. The van der Waals surface area contributed by atoms with Crippen molar-refractivity contribution in [2.24, 2.45) is 4.99 Å². The van der Waals surface area contributed by atoms with E-state index in [0.717, 1.165) is 51.3 Å². The van der Waals surface area contributed by atoms with Crippen LogP contribution in [-0.4, -0.2) is 74.0 Å². The monoisotopic (exact) mass is 498 g/mol. The molecule has 160 valence electrons. The van der Waals surface area contributed by atoms with Crippen molar-refractivity contribution in [2.75, 3.05) is 46.4 Å². The summed E-state index contributed by atoms with van der Waals surface area (Å²) in [6, 6.07) is 0. The Bertz CT molecular complexity index is 429. The topological polar surface area (TPSA) is 74.2 Å². The third kappa shape index (κ3) is 13.7. The standard InChI is InChI=1S/C19H38N4O3.HI/c1-6-20-19(22(5)16-17(24)23(7-2)8-3)21-15-13-11-10-12-14-18(25)26-9-4;/h6-16H2,1-5H3,(H,20,21);1H. The van der Waals surface area contributed by atoms with E-state index < -0.39 is 0 Å². The van der Waals surface area contributed by atoms with Gasteiger partial charge in [0.15, 0.2) is 5.96 Å². The van der Waals surface area contributed by atoms with Gasteiger partial charge in [0.1, 0.15) is 0 Å². The van der Waals surface area contributed by atoms with Gasteiger partial charge in [0, 0.05) is 39.6 Å². The molecule has 27 heavy (non-hydrogen) atoms. The van der Waals surface area contributed by atoms with Gasteiger partial charge in [-0.1, -0.05) is 12.8 Å². The van der Waals surface area contributed by atoms with Crippen LogP contribution in [0.3, 0.4) is 0 Å². The van der Waals surface area contributed by atoms with Crippen LogP contribution in [0, 0.1) is 0 Å². The van der Waals surface area contributed by atoms with Crippen molar-refractivity contribution in [3.05, 3.63) is 0 Å². The summed E-state index contributed by atoms with van der Waals surface area (Å²) in [5, 5.41) is 3.24. The van der Waals surface area contributed by atoms with Crippen LogP contribution in [0.5, 0.6) is 0 Å². The Morgan fingerprint density at radius 2 is 1.63 bits per heavy atom. The van der Waals surface area contributed by atoms with Gasteiger partial charge in [-0.2, -0.15) is 0 Å². The molecule has 0 saturated carbocycles. The Balaban J connectivity index is 0. The zero-order valence-corrected chi connectivity index (χ0v) is 20.1. The second-order valence-electron chi connectivity index (χ2n) is 6.13. The summed E-state index contributed by atoms with van der Waals surface area (Å²) in [6.45, 7) is 11.5. The molecule has 0 bridgehead atoms. The lowest BCUT2D eigenvalue weighted by molar-refractivity contribution is -0.143. The summed E-state index contributed by atoms with van der Waals surface area (Å²) in [6.07, 6.45) is 4.36. The number of guanidine groups is 1. The zero-order chi connectivity index (χ0) is 19.8. The van der Waals surface area contributed by atoms with Gasteiger partial charge in [0.05, 0.1) is 13.2 Å². The Hall–Kier alpha value is -1.06. The van der Waals surface area contributed by atoms with Crippen LogP contribution >= 0.6 is 24.0 Å². The lowest BCUT2D eigenvalue weighted by atomic mass is 10.1. The Morgan fingerprint density at radius 3 is 2.19 bits per heavy atom. The number of nitrogens with one attached hydrogen (secondary N) is 1. The molecular formula is C19H39IN4O3. The van der Waals surface area contributed by atoms with Crippen LogP contribution < -0.4 is 5.32 Å². The molecule has 7 nitrogen and oxygen atoms in total. The summed E-state index contributed by atoms with van der Waals surface area (Å²) in [4.78, 5) is 31.8. The first kappa shape index (κ1) is 28.2. The van der Waals surface area contributed by atoms with Gasteiger partial charge < -0.3 is 19.9 Å². The van der Waals surface area contributed by atoms with E-state index in [-0.39, 0.29) is 35.9 Å². The molecular weight excluding hydrogens is 459 g/mol. The quantitative estimate of drug-likeness (QED) is 0.139. The molecule has 0 aromatic carbocycles. The van der Waals surface area contributed by atoms with Gasteiger partial charge in [-0.15, -0.1) is 24.0 Å². The highest BCUT2D eigenvalue weighted by Gasteiger charge is 2.14. The number of amides is 1. The summed E-state index contributed by atoms with van der Waals surface area (Å²) in [7, 11) is 1.89. The normalized spacial score (nSPS) is 10.8. The van der Waals surface area contributed by atoms with Crippen molar-refractivity contribution in [1.29, 1.82) is 0 Å². The molecule has 0 aromatic rings. The van der Waals surface area contributed by atoms with Crippen molar-refractivity contribution < 1.29 is 14.3 Å². The van der Waals surface area contributed by atoms with E-state index in [1.165, 1.54) is 0 Å². The maximum atomic E-state index is 12.2. The first-order chi connectivity index (χ1) is 12.5. The second kappa shape index (κ2) is 18.3. The van der Waals surface area contributed by atoms with Crippen LogP contribution in [0.2, 0.25) is 0 Å². The van der Waals surface area contributed by atoms with Crippen LogP contribution in [0.4, 0.5) is 0 Å². The molecule has 0 saturated heterocycles. The number of carbonyl (C=O) groups excluding carboxylic acids is 2. The van der Waals surface area contributed by atoms with Crippen molar-refractivity contribution in [1.82, 2.24) is 15.1 Å². The van der Waals surface area contributed by atoms with Gasteiger partial charge in [-0.05, 0) is 40.5 Å². The number of unbranched alkanes of at least 4 members (excludes halogenated alkanes) is 3. The number of nitrogens with zero attached hydrogens (tertiary/aromatic N) is 3. The van der Waals surface area contributed by atoms with Gasteiger partial charge in [0.25, 0.3) is 0 Å². The lowest BCUT2D eigenvalue weighted by Gasteiger charge is -2.25. The zero-order valence-electron chi connectivity index (χ0n) is 17.8. The van der Waals surface area contributed by atoms with Gasteiger partial charge >= 0.3 is 5.97 Å². The number of esters is 1. The largest absolute Gasteiger partial charge is 0.466 e. The summed E-state index contributed by atoms with van der Waals surface area (Å²) in [5.41, 5.74) is 0. The number of rotatable bonds is 13.